The standard InChI is InChI=1S/C13H14ClN3/c1-3-5-10-8-11(14)17-13(16-10)12-9(2)6-4-7-15-12/h4,6-8H,3,5H2,1-2H3. The fourth-order valence-corrected chi connectivity index (χ4v) is 1.88. The van der Waals surface area contributed by atoms with Gasteiger partial charge in [-0.25, -0.2) is 9.97 Å². The summed E-state index contributed by atoms with van der Waals surface area (Å²) in [5, 5.41) is 0.475. The van der Waals surface area contributed by atoms with Crippen LogP contribution in [0.5, 0.6) is 0 Å². The molecule has 0 aromatic carbocycles. The summed E-state index contributed by atoms with van der Waals surface area (Å²) >= 11 is 6.01. The van der Waals surface area contributed by atoms with Crippen molar-refractivity contribution in [2.75, 3.05) is 0 Å². The molecule has 2 aromatic rings. The molecule has 2 aromatic heterocycles. The quantitative estimate of drug-likeness (QED) is 0.780. The minimum atomic E-state index is 0.475. The first-order valence-corrected chi connectivity index (χ1v) is 6.04. The van der Waals surface area contributed by atoms with E-state index in [0.717, 1.165) is 29.8 Å². The molecule has 3 nitrogen and oxygen atoms in total. The average molecular weight is 248 g/mol. The molecular weight excluding hydrogens is 234 g/mol. The summed E-state index contributed by atoms with van der Waals surface area (Å²) in [6, 6.07) is 5.70. The number of halogens is 1. The number of hydrogen-bond donors (Lipinski definition) is 0. The molecule has 0 amide bonds. The number of nitrogens with zero attached hydrogens (tertiary/aromatic N) is 3. The molecule has 88 valence electrons. The van der Waals surface area contributed by atoms with E-state index in [4.69, 9.17) is 11.6 Å². The Balaban J connectivity index is 2.48. The monoisotopic (exact) mass is 247 g/mol. The van der Waals surface area contributed by atoms with E-state index >= 15 is 0 Å². The lowest BCUT2D eigenvalue weighted by molar-refractivity contribution is 0.873. The Bertz CT molecular complexity index is 526. The van der Waals surface area contributed by atoms with Crippen LogP contribution < -0.4 is 0 Å². The van der Waals surface area contributed by atoms with Gasteiger partial charge < -0.3 is 0 Å². The Morgan fingerprint density at radius 2 is 2.12 bits per heavy atom. The molecular formula is C13H14ClN3. The van der Waals surface area contributed by atoms with E-state index in [2.05, 4.69) is 21.9 Å². The molecule has 0 atom stereocenters. The van der Waals surface area contributed by atoms with Crippen LogP contribution in [-0.2, 0) is 6.42 Å². The van der Waals surface area contributed by atoms with Crippen LogP contribution in [0.25, 0.3) is 11.5 Å². The van der Waals surface area contributed by atoms with Crippen LogP contribution >= 0.6 is 11.6 Å². The minimum Gasteiger partial charge on any atom is -0.253 e. The summed E-state index contributed by atoms with van der Waals surface area (Å²) < 4.78 is 0. The van der Waals surface area contributed by atoms with E-state index in [1.807, 2.05) is 25.1 Å². The predicted octanol–water partition coefficient (Wildman–Crippen LogP) is 3.45. The second-order valence-electron chi connectivity index (χ2n) is 3.92. The second-order valence-corrected chi connectivity index (χ2v) is 4.31. The van der Waals surface area contributed by atoms with Gasteiger partial charge >= 0.3 is 0 Å². The molecule has 0 spiro atoms. The van der Waals surface area contributed by atoms with E-state index < -0.39 is 0 Å². The smallest absolute Gasteiger partial charge is 0.180 e. The number of hydrogen-bond acceptors (Lipinski definition) is 3. The lowest BCUT2D eigenvalue weighted by atomic mass is 10.2. The molecule has 17 heavy (non-hydrogen) atoms. The maximum Gasteiger partial charge on any atom is 0.180 e. The maximum atomic E-state index is 6.01. The first-order valence-electron chi connectivity index (χ1n) is 5.66. The van der Waals surface area contributed by atoms with E-state index in [-0.39, 0.29) is 0 Å². The van der Waals surface area contributed by atoms with Crippen LogP contribution in [0.15, 0.2) is 24.4 Å². The Morgan fingerprint density at radius 3 is 2.82 bits per heavy atom. The maximum absolute atomic E-state index is 6.01. The Hall–Kier alpha value is -1.48. The second kappa shape index (κ2) is 5.23. The van der Waals surface area contributed by atoms with Crippen molar-refractivity contribution < 1.29 is 0 Å². The SMILES string of the molecule is CCCc1cc(Cl)nc(-c2ncccc2C)n1. The molecule has 0 saturated heterocycles. The Labute approximate surface area is 106 Å². The van der Waals surface area contributed by atoms with Crippen molar-refractivity contribution in [3.05, 3.63) is 40.8 Å². The van der Waals surface area contributed by atoms with Gasteiger partial charge in [-0.3, -0.25) is 4.98 Å². The van der Waals surface area contributed by atoms with E-state index in [0.29, 0.717) is 11.0 Å². The van der Waals surface area contributed by atoms with Gasteiger partial charge in [-0.15, -0.1) is 0 Å². The highest BCUT2D eigenvalue weighted by Gasteiger charge is 2.08. The van der Waals surface area contributed by atoms with Crippen molar-refractivity contribution in [3.8, 4) is 11.5 Å². The van der Waals surface area contributed by atoms with Crippen LogP contribution in [0.4, 0.5) is 0 Å². The van der Waals surface area contributed by atoms with E-state index in [1.165, 1.54) is 0 Å². The topological polar surface area (TPSA) is 38.7 Å². The van der Waals surface area contributed by atoms with Crippen LogP contribution in [0, 0.1) is 6.92 Å². The molecule has 0 N–H and O–H groups in total. The van der Waals surface area contributed by atoms with Gasteiger partial charge in [-0.2, -0.15) is 0 Å². The summed E-state index contributed by atoms with van der Waals surface area (Å²) in [5.41, 5.74) is 2.82. The van der Waals surface area contributed by atoms with Crippen molar-refractivity contribution in [1.29, 1.82) is 0 Å². The molecule has 0 aliphatic rings. The molecule has 0 aliphatic heterocycles. The minimum absolute atomic E-state index is 0.475. The van der Waals surface area contributed by atoms with Crippen LogP contribution in [-0.4, -0.2) is 15.0 Å². The fraction of sp³-hybridized carbons (Fsp3) is 0.308. The molecule has 4 heteroatoms. The van der Waals surface area contributed by atoms with Gasteiger partial charge in [0.2, 0.25) is 0 Å². The highest BCUT2D eigenvalue weighted by atomic mass is 35.5. The zero-order valence-corrected chi connectivity index (χ0v) is 10.7. The van der Waals surface area contributed by atoms with Crippen molar-refractivity contribution in [2.45, 2.75) is 26.7 Å². The molecule has 0 unspecified atom stereocenters. The number of rotatable bonds is 3. The Morgan fingerprint density at radius 1 is 1.29 bits per heavy atom. The van der Waals surface area contributed by atoms with Gasteiger partial charge in [-0.1, -0.05) is 31.0 Å². The summed E-state index contributed by atoms with van der Waals surface area (Å²) in [6.45, 7) is 4.10. The van der Waals surface area contributed by atoms with E-state index in [1.54, 1.807) is 6.20 Å². The third kappa shape index (κ3) is 2.80. The number of pyridine rings is 1. The molecule has 2 rings (SSSR count). The normalized spacial score (nSPS) is 10.5. The van der Waals surface area contributed by atoms with Crippen molar-refractivity contribution in [2.24, 2.45) is 0 Å². The number of aryl methyl sites for hydroxylation is 2. The first-order chi connectivity index (χ1) is 8.20. The van der Waals surface area contributed by atoms with Crippen molar-refractivity contribution in [3.63, 3.8) is 0 Å². The molecule has 0 radical (unpaired) electrons. The van der Waals surface area contributed by atoms with Crippen LogP contribution in [0.3, 0.4) is 0 Å². The highest BCUT2D eigenvalue weighted by molar-refractivity contribution is 6.29. The van der Waals surface area contributed by atoms with Gasteiger partial charge in [0.15, 0.2) is 5.82 Å². The zero-order valence-electron chi connectivity index (χ0n) is 9.94. The molecule has 0 bridgehead atoms. The lowest BCUT2D eigenvalue weighted by Crippen LogP contribution is -1.98. The van der Waals surface area contributed by atoms with Gasteiger partial charge in [-0.05, 0) is 31.0 Å². The summed E-state index contributed by atoms with van der Waals surface area (Å²) in [7, 11) is 0. The molecule has 0 fully saturated rings. The fourth-order valence-electron chi connectivity index (χ4n) is 1.67. The average Bonchev–Trinajstić information content (AvgIpc) is 2.29. The summed E-state index contributed by atoms with van der Waals surface area (Å²) in [6.07, 6.45) is 3.68. The number of aromatic nitrogens is 3. The van der Waals surface area contributed by atoms with Crippen LogP contribution in [0.1, 0.15) is 24.6 Å². The predicted molar refractivity (Wildman–Crippen MR) is 69.0 cm³/mol. The molecule has 0 aliphatic carbocycles. The van der Waals surface area contributed by atoms with E-state index in [9.17, 15) is 0 Å². The first kappa shape index (κ1) is 12.0. The Kier molecular flexibility index (Phi) is 3.69. The van der Waals surface area contributed by atoms with Crippen molar-refractivity contribution in [1.82, 2.24) is 15.0 Å². The van der Waals surface area contributed by atoms with Gasteiger partial charge in [0, 0.05) is 11.9 Å². The molecule has 2 heterocycles. The third-order valence-electron chi connectivity index (χ3n) is 2.48. The summed E-state index contributed by atoms with van der Waals surface area (Å²) in [5.74, 6) is 0.610. The van der Waals surface area contributed by atoms with Crippen LogP contribution in [0.2, 0.25) is 5.15 Å². The van der Waals surface area contributed by atoms with Gasteiger partial charge in [0.05, 0.1) is 0 Å². The van der Waals surface area contributed by atoms with Gasteiger partial charge in [0.1, 0.15) is 10.8 Å². The largest absolute Gasteiger partial charge is 0.253 e. The van der Waals surface area contributed by atoms with Gasteiger partial charge in [0.25, 0.3) is 0 Å². The third-order valence-corrected chi connectivity index (χ3v) is 2.67. The summed E-state index contributed by atoms with van der Waals surface area (Å²) in [4.78, 5) is 13.0. The lowest BCUT2D eigenvalue weighted by Gasteiger charge is -2.05. The highest BCUT2D eigenvalue weighted by Crippen LogP contribution is 2.19. The van der Waals surface area contributed by atoms with Crippen molar-refractivity contribution >= 4 is 11.6 Å². The zero-order chi connectivity index (χ0) is 12.3. The molecule has 0 saturated carbocycles.